The first-order valence-corrected chi connectivity index (χ1v) is 17.8. The van der Waals surface area contributed by atoms with Crippen molar-refractivity contribution in [3.05, 3.63) is 65.2 Å². The fourth-order valence-electron chi connectivity index (χ4n) is 11.5. The van der Waals surface area contributed by atoms with Crippen LogP contribution in [0.4, 0.5) is 22.7 Å². The van der Waals surface area contributed by atoms with Gasteiger partial charge in [0.05, 0.1) is 0 Å². The van der Waals surface area contributed by atoms with Crippen LogP contribution in [-0.2, 0) is 5.41 Å². The molecule has 6 unspecified atom stereocenters. The van der Waals surface area contributed by atoms with Crippen molar-refractivity contribution in [3.63, 3.8) is 0 Å². The van der Waals surface area contributed by atoms with E-state index in [2.05, 4.69) is 114 Å². The summed E-state index contributed by atoms with van der Waals surface area (Å²) < 4.78 is 0. The number of hydrogen-bond donors (Lipinski definition) is 0. The monoisotopic (exact) mass is 582 g/mol. The number of aryl methyl sites for hydroxylation is 2. The van der Waals surface area contributed by atoms with Crippen molar-refractivity contribution in [1.82, 2.24) is 0 Å². The molecule has 0 spiro atoms. The minimum absolute atomic E-state index is 0.0754. The topological polar surface area (TPSA) is 6.48 Å². The largest absolute Gasteiger partial charge is 0.339 e. The van der Waals surface area contributed by atoms with Crippen molar-refractivity contribution < 1.29 is 0 Å². The quantitative estimate of drug-likeness (QED) is 0.280. The normalized spacial score (nSPS) is 32.3. The minimum atomic E-state index is 0.0754. The Morgan fingerprint density at radius 1 is 0.727 bits per heavy atom. The van der Waals surface area contributed by atoms with E-state index >= 15 is 0 Å². The summed E-state index contributed by atoms with van der Waals surface area (Å²) in [6.45, 7) is 20.0. The molecule has 4 aliphatic carbocycles. The Bertz CT molecular complexity index is 1710. The van der Waals surface area contributed by atoms with Crippen LogP contribution in [0, 0.1) is 42.4 Å². The maximum absolute atomic E-state index is 2.92. The molecular formula is C41H51BN2. The number of benzene rings is 3. The van der Waals surface area contributed by atoms with Gasteiger partial charge in [0.15, 0.2) is 0 Å². The lowest BCUT2D eigenvalue weighted by molar-refractivity contribution is 0.136. The Morgan fingerprint density at radius 3 is 1.89 bits per heavy atom. The van der Waals surface area contributed by atoms with Gasteiger partial charge in [-0.05, 0) is 133 Å². The van der Waals surface area contributed by atoms with Crippen LogP contribution in [0.1, 0.15) is 103 Å². The Morgan fingerprint density at radius 2 is 1.36 bits per heavy atom. The van der Waals surface area contributed by atoms with Gasteiger partial charge in [-0.15, -0.1) is 0 Å². The van der Waals surface area contributed by atoms with Crippen molar-refractivity contribution in [2.24, 2.45) is 28.6 Å². The molecule has 2 heterocycles. The van der Waals surface area contributed by atoms with E-state index in [1.807, 2.05) is 0 Å². The van der Waals surface area contributed by atoms with E-state index in [-0.39, 0.29) is 12.1 Å². The average Bonchev–Trinajstić information content (AvgIpc) is 3.70. The van der Waals surface area contributed by atoms with Gasteiger partial charge < -0.3 is 9.80 Å². The molecule has 3 aromatic rings. The summed E-state index contributed by atoms with van der Waals surface area (Å²) in [5.74, 6) is 2.54. The lowest BCUT2D eigenvalue weighted by Crippen LogP contribution is -2.65. The van der Waals surface area contributed by atoms with E-state index in [1.165, 1.54) is 95.3 Å². The highest BCUT2D eigenvalue weighted by molar-refractivity contribution is 7.00. The van der Waals surface area contributed by atoms with Gasteiger partial charge in [-0.1, -0.05) is 83.4 Å². The summed E-state index contributed by atoms with van der Waals surface area (Å²) in [4.78, 5) is 5.81. The zero-order valence-corrected chi connectivity index (χ0v) is 28.4. The second-order valence-corrected chi connectivity index (χ2v) is 17.8. The summed E-state index contributed by atoms with van der Waals surface area (Å²) in [5, 5.41) is 0. The fourth-order valence-corrected chi connectivity index (χ4v) is 11.5. The SMILES string of the molecule is Cc1ccc2c(c1)B1c3cc(C)ccc3N(C3CC4CCC3(C)C4(C)C)c3cc(C(C)(C)C)cc(c31)N2C1CC2CCC1C2. The molecule has 0 amide bonds. The van der Waals surface area contributed by atoms with E-state index in [4.69, 9.17) is 0 Å². The molecule has 0 N–H and O–H groups in total. The highest BCUT2D eigenvalue weighted by atomic mass is 15.2. The fraction of sp³-hybridized carbons (Fsp3) is 0.561. The Hall–Kier alpha value is -2.68. The van der Waals surface area contributed by atoms with Gasteiger partial charge in [0.2, 0.25) is 0 Å². The van der Waals surface area contributed by atoms with E-state index in [9.17, 15) is 0 Å². The molecule has 3 heteroatoms. The van der Waals surface area contributed by atoms with Crippen LogP contribution in [0.3, 0.4) is 0 Å². The molecule has 4 bridgehead atoms. The minimum Gasteiger partial charge on any atom is -0.339 e. The number of anilines is 4. The van der Waals surface area contributed by atoms with Gasteiger partial charge in [-0.25, -0.2) is 0 Å². The van der Waals surface area contributed by atoms with Crippen LogP contribution in [0.15, 0.2) is 48.5 Å². The van der Waals surface area contributed by atoms with Gasteiger partial charge in [0.25, 0.3) is 6.71 Å². The van der Waals surface area contributed by atoms with Crippen molar-refractivity contribution >= 4 is 45.9 Å². The lowest BCUT2D eigenvalue weighted by Gasteiger charge is -2.52. The molecule has 2 nitrogen and oxygen atoms in total. The van der Waals surface area contributed by atoms with Gasteiger partial charge in [-0.3, -0.25) is 0 Å². The average molecular weight is 583 g/mol. The molecule has 0 radical (unpaired) electrons. The smallest absolute Gasteiger partial charge is 0.252 e. The summed E-state index contributed by atoms with van der Waals surface area (Å²) in [6.07, 6.45) is 9.67. The highest BCUT2D eigenvalue weighted by Gasteiger charge is 2.64. The maximum atomic E-state index is 2.92. The lowest BCUT2D eigenvalue weighted by atomic mass is 9.33. The molecule has 6 aliphatic rings. The molecule has 3 aromatic carbocycles. The Balaban J connectivity index is 1.36. The Labute approximate surface area is 266 Å². The first-order valence-electron chi connectivity index (χ1n) is 17.8. The molecule has 6 atom stereocenters. The summed E-state index contributed by atoms with van der Waals surface area (Å²) in [6, 6.07) is 21.3. The number of hydrogen-bond acceptors (Lipinski definition) is 2. The van der Waals surface area contributed by atoms with Crippen molar-refractivity contribution in [2.75, 3.05) is 9.80 Å². The molecule has 44 heavy (non-hydrogen) atoms. The van der Waals surface area contributed by atoms with Crippen molar-refractivity contribution in [2.45, 2.75) is 118 Å². The third kappa shape index (κ3) is 3.45. The molecule has 0 saturated heterocycles. The summed E-state index contributed by atoms with van der Waals surface area (Å²) >= 11 is 0. The van der Waals surface area contributed by atoms with Crippen molar-refractivity contribution in [1.29, 1.82) is 0 Å². The summed E-state index contributed by atoms with van der Waals surface area (Å²) in [7, 11) is 0. The number of fused-ring (bicyclic) bond motifs is 8. The molecule has 9 rings (SSSR count). The highest BCUT2D eigenvalue weighted by Crippen LogP contribution is 2.68. The van der Waals surface area contributed by atoms with Gasteiger partial charge in [0, 0.05) is 34.8 Å². The second kappa shape index (κ2) is 8.77. The van der Waals surface area contributed by atoms with Gasteiger partial charge in [-0.2, -0.15) is 0 Å². The number of rotatable bonds is 2. The molecule has 2 aliphatic heterocycles. The predicted molar refractivity (Wildman–Crippen MR) is 189 cm³/mol. The van der Waals surface area contributed by atoms with E-state index < -0.39 is 0 Å². The van der Waals surface area contributed by atoms with E-state index in [0.29, 0.717) is 22.9 Å². The molecule has 4 saturated carbocycles. The first-order chi connectivity index (χ1) is 20.9. The van der Waals surface area contributed by atoms with Crippen LogP contribution in [0.25, 0.3) is 0 Å². The predicted octanol–water partition coefficient (Wildman–Crippen LogP) is 8.42. The Kier molecular flexibility index (Phi) is 5.51. The second-order valence-electron chi connectivity index (χ2n) is 17.8. The third-order valence-electron chi connectivity index (χ3n) is 14.4. The third-order valence-corrected chi connectivity index (χ3v) is 14.4. The molecule has 4 fully saturated rings. The molecule has 0 aromatic heterocycles. The zero-order valence-electron chi connectivity index (χ0n) is 28.4. The maximum Gasteiger partial charge on any atom is 0.252 e. The van der Waals surface area contributed by atoms with Crippen molar-refractivity contribution in [3.8, 4) is 0 Å². The zero-order chi connectivity index (χ0) is 30.5. The molecular weight excluding hydrogens is 531 g/mol. The van der Waals surface area contributed by atoms with Crippen LogP contribution in [0.2, 0.25) is 0 Å². The standard InChI is InChI=1S/C41H51BN2/c1-24-9-13-32-30(17-24)42-31-18-25(2)10-14-33(31)44(37-23-28-15-16-41(37,8)40(28,6)7)36-22-29(39(3,4)5)21-35(38(36)42)43(32)34-20-26-11-12-27(34)19-26/h9-10,13-14,17-18,21-22,26-28,34,37H,11-12,15-16,19-20,23H2,1-8H3. The van der Waals surface area contributed by atoms with E-state index in [1.54, 1.807) is 5.46 Å². The van der Waals surface area contributed by atoms with Crippen LogP contribution in [-0.4, -0.2) is 18.8 Å². The van der Waals surface area contributed by atoms with Gasteiger partial charge >= 0.3 is 0 Å². The van der Waals surface area contributed by atoms with Crippen LogP contribution in [0.5, 0.6) is 0 Å². The van der Waals surface area contributed by atoms with Crippen LogP contribution < -0.4 is 26.2 Å². The van der Waals surface area contributed by atoms with E-state index in [0.717, 1.165) is 17.8 Å². The summed E-state index contributed by atoms with van der Waals surface area (Å²) in [5.41, 5.74) is 15.6. The van der Waals surface area contributed by atoms with Crippen LogP contribution >= 0.6 is 0 Å². The first kappa shape index (κ1) is 27.6. The number of nitrogens with zero attached hydrogens (tertiary/aromatic N) is 2. The molecule has 228 valence electrons. The van der Waals surface area contributed by atoms with Gasteiger partial charge in [0.1, 0.15) is 0 Å².